The molecule has 45 valence electrons. The third kappa shape index (κ3) is 4.94. The maximum Gasteiger partial charge on any atom is 0.417 e. The van der Waals surface area contributed by atoms with Crippen molar-refractivity contribution in [2.45, 2.75) is 6.42 Å². The SMILES string of the molecule is NC(=O)CCO[C]=O. The van der Waals surface area contributed by atoms with Crippen LogP contribution in [-0.4, -0.2) is 19.0 Å². The van der Waals surface area contributed by atoms with Gasteiger partial charge in [0.2, 0.25) is 5.91 Å². The van der Waals surface area contributed by atoms with Crippen molar-refractivity contribution in [2.24, 2.45) is 5.73 Å². The number of ether oxygens (including phenoxy) is 1. The van der Waals surface area contributed by atoms with E-state index in [9.17, 15) is 9.59 Å². The molecule has 0 rings (SSSR count). The summed E-state index contributed by atoms with van der Waals surface area (Å²) >= 11 is 0. The highest BCUT2D eigenvalue weighted by atomic mass is 16.5. The molecular weight excluding hydrogens is 110 g/mol. The molecule has 1 amide bonds. The van der Waals surface area contributed by atoms with Gasteiger partial charge in [0.25, 0.3) is 0 Å². The summed E-state index contributed by atoms with van der Waals surface area (Å²) in [6.07, 6.45) is 0.0647. The molecule has 2 N–H and O–H groups in total. The summed E-state index contributed by atoms with van der Waals surface area (Å²) in [5.74, 6) is -0.486. The minimum atomic E-state index is -0.486. The van der Waals surface area contributed by atoms with Crippen molar-refractivity contribution in [1.29, 1.82) is 0 Å². The number of nitrogens with two attached hydrogens (primary N) is 1. The molecule has 0 saturated heterocycles. The van der Waals surface area contributed by atoms with Gasteiger partial charge in [0.05, 0.1) is 6.42 Å². The van der Waals surface area contributed by atoms with Gasteiger partial charge in [-0.15, -0.1) is 0 Å². The number of primary amides is 1. The predicted molar refractivity (Wildman–Crippen MR) is 25.5 cm³/mol. The van der Waals surface area contributed by atoms with E-state index in [-0.39, 0.29) is 13.0 Å². The summed E-state index contributed by atoms with van der Waals surface area (Å²) in [7, 11) is 0. The van der Waals surface area contributed by atoms with Crippen molar-refractivity contribution in [3.05, 3.63) is 0 Å². The van der Waals surface area contributed by atoms with Crippen molar-refractivity contribution in [2.75, 3.05) is 6.61 Å². The van der Waals surface area contributed by atoms with Crippen LogP contribution in [0, 0.1) is 0 Å². The van der Waals surface area contributed by atoms with Gasteiger partial charge < -0.3 is 10.5 Å². The number of amides is 1. The van der Waals surface area contributed by atoms with Gasteiger partial charge in [0.15, 0.2) is 0 Å². The molecule has 0 aliphatic carbocycles. The second-order valence-corrected chi connectivity index (χ2v) is 1.15. The lowest BCUT2D eigenvalue weighted by Crippen LogP contribution is -2.12. The van der Waals surface area contributed by atoms with Crippen LogP contribution >= 0.6 is 0 Å². The number of carbonyl (C=O) groups excluding carboxylic acids is 2. The van der Waals surface area contributed by atoms with Gasteiger partial charge in [-0.2, -0.15) is 0 Å². The van der Waals surface area contributed by atoms with Crippen LogP contribution < -0.4 is 5.73 Å². The first-order valence-electron chi connectivity index (χ1n) is 2.04. The molecule has 0 aromatic carbocycles. The predicted octanol–water partition coefficient (Wildman–Crippen LogP) is -1.05. The van der Waals surface area contributed by atoms with Crippen LogP contribution in [0.3, 0.4) is 0 Å². The van der Waals surface area contributed by atoms with Gasteiger partial charge >= 0.3 is 6.47 Å². The Morgan fingerprint density at radius 2 is 2.38 bits per heavy atom. The van der Waals surface area contributed by atoms with Crippen molar-refractivity contribution in [1.82, 2.24) is 0 Å². The summed E-state index contributed by atoms with van der Waals surface area (Å²) in [6.45, 7) is 1.19. The number of hydrogen-bond donors (Lipinski definition) is 1. The van der Waals surface area contributed by atoms with E-state index >= 15 is 0 Å². The zero-order valence-corrected chi connectivity index (χ0v) is 4.22. The average molecular weight is 116 g/mol. The summed E-state index contributed by atoms with van der Waals surface area (Å²) in [5, 5.41) is 0. The molecule has 0 unspecified atom stereocenters. The first-order valence-corrected chi connectivity index (χ1v) is 2.04. The van der Waals surface area contributed by atoms with Crippen LogP contribution in [0.1, 0.15) is 6.42 Å². The molecule has 8 heavy (non-hydrogen) atoms. The maximum atomic E-state index is 9.89. The summed E-state index contributed by atoms with van der Waals surface area (Å²) in [4.78, 5) is 19.2. The Balaban J connectivity index is 2.93. The summed E-state index contributed by atoms with van der Waals surface area (Å²) in [6, 6.07) is 0. The third-order valence-electron chi connectivity index (χ3n) is 0.509. The third-order valence-corrected chi connectivity index (χ3v) is 0.509. The Bertz CT molecular complexity index is 91.3. The zero-order chi connectivity index (χ0) is 6.41. The first kappa shape index (κ1) is 6.94. The fraction of sp³-hybridized carbons (Fsp3) is 0.500. The lowest BCUT2D eigenvalue weighted by molar-refractivity contribution is -0.118. The number of rotatable bonds is 4. The van der Waals surface area contributed by atoms with E-state index in [4.69, 9.17) is 0 Å². The minimum Gasteiger partial charge on any atom is -0.457 e. The molecule has 0 saturated carbocycles. The molecule has 0 atom stereocenters. The largest absolute Gasteiger partial charge is 0.457 e. The zero-order valence-electron chi connectivity index (χ0n) is 4.22. The number of hydrogen-bond acceptors (Lipinski definition) is 3. The van der Waals surface area contributed by atoms with E-state index in [1.807, 2.05) is 0 Å². The standard InChI is InChI=1S/C4H6NO3/c5-4(7)1-2-8-3-6/h1-2H2,(H2,5,7). The van der Waals surface area contributed by atoms with Crippen LogP contribution in [0.5, 0.6) is 0 Å². The minimum absolute atomic E-state index is 0.0266. The van der Waals surface area contributed by atoms with Crippen LogP contribution in [0.4, 0.5) is 0 Å². The molecule has 0 spiro atoms. The molecule has 4 heteroatoms. The molecule has 1 radical (unpaired) electrons. The monoisotopic (exact) mass is 116 g/mol. The highest BCUT2D eigenvalue weighted by Gasteiger charge is 1.91. The molecular formula is C4H6NO3. The van der Waals surface area contributed by atoms with Crippen LogP contribution in [-0.2, 0) is 14.3 Å². The highest BCUT2D eigenvalue weighted by molar-refractivity contribution is 5.73. The van der Waals surface area contributed by atoms with Gasteiger partial charge in [-0.3, -0.25) is 4.79 Å². The second kappa shape index (κ2) is 4.11. The van der Waals surface area contributed by atoms with Crippen LogP contribution in [0.15, 0.2) is 0 Å². The number of carbonyl (C=O) groups is 1. The Morgan fingerprint density at radius 1 is 1.75 bits per heavy atom. The lowest BCUT2D eigenvalue weighted by atomic mass is 10.4. The molecule has 0 heterocycles. The molecule has 0 aromatic heterocycles. The quantitative estimate of drug-likeness (QED) is 0.476. The van der Waals surface area contributed by atoms with Gasteiger partial charge in [-0.05, 0) is 0 Å². The Morgan fingerprint density at radius 3 is 2.75 bits per heavy atom. The lowest BCUT2D eigenvalue weighted by Gasteiger charge is -1.89. The highest BCUT2D eigenvalue weighted by Crippen LogP contribution is 1.74. The molecule has 0 aromatic rings. The van der Waals surface area contributed by atoms with Gasteiger partial charge in [-0.1, -0.05) is 0 Å². The fourth-order valence-electron chi connectivity index (χ4n) is 0.193. The van der Waals surface area contributed by atoms with E-state index in [0.29, 0.717) is 0 Å². The molecule has 0 bridgehead atoms. The fourth-order valence-corrected chi connectivity index (χ4v) is 0.193. The maximum absolute atomic E-state index is 9.89. The topological polar surface area (TPSA) is 69.4 Å². The van der Waals surface area contributed by atoms with E-state index in [1.165, 1.54) is 6.47 Å². The van der Waals surface area contributed by atoms with E-state index < -0.39 is 5.91 Å². The molecule has 0 aliphatic heterocycles. The Kier molecular flexibility index (Phi) is 3.56. The summed E-state index contributed by atoms with van der Waals surface area (Å²) < 4.78 is 4.04. The van der Waals surface area contributed by atoms with E-state index in [1.54, 1.807) is 0 Å². The molecule has 0 fully saturated rings. The van der Waals surface area contributed by atoms with Crippen LogP contribution in [0.25, 0.3) is 0 Å². The summed E-state index contributed by atoms with van der Waals surface area (Å²) in [5.41, 5.74) is 4.68. The normalized spacial score (nSPS) is 8.00. The molecule has 0 aliphatic rings. The average Bonchev–Trinajstić information content (AvgIpc) is 1.66. The molecule has 4 nitrogen and oxygen atoms in total. The van der Waals surface area contributed by atoms with E-state index in [2.05, 4.69) is 10.5 Å². The van der Waals surface area contributed by atoms with Crippen molar-refractivity contribution in [3.8, 4) is 0 Å². The smallest absolute Gasteiger partial charge is 0.417 e. The Hall–Kier alpha value is -1.06. The van der Waals surface area contributed by atoms with Crippen molar-refractivity contribution >= 4 is 12.4 Å². The van der Waals surface area contributed by atoms with E-state index in [0.717, 1.165) is 0 Å². The van der Waals surface area contributed by atoms with Crippen molar-refractivity contribution in [3.63, 3.8) is 0 Å². The first-order chi connectivity index (χ1) is 3.77. The van der Waals surface area contributed by atoms with Crippen molar-refractivity contribution < 1.29 is 14.3 Å². The van der Waals surface area contributed by atoms with Gasteiger partial charge in [0, 0.05) is 0 Å². The van der Waals surface area contributed by atoms with Gasteiger partial charge in [0.1, 0.15) is 6.61 Å². The Labute approximate surface area is 46.6 Å². The van der Waals surface area contributed by atoms with Crippen LogP contribution in [0.2, 0.25) is 0 Å². The second-order valence-electron chi connectivity index (χ2n) is 1.15. The van der Waals surface area contributed by atoms with Gasteiger partial charge in [-0.25, -0.2) is 4.79 Å².